The summed E-state index contributed by atoms with van der Waals surface area (Å²) in [5, 5.41) is 0. The molecule has 0 unspecified atom stereocenters. The minimum absolute atomic E-state index is 0.146. The summed E-state index contributed by atoms with van der Waals surface area (Å²) in [7, 11) is -3.30. The highest BCUT2D eigenvalue weighted by atomic mass is 79.9. The molecule has 0 atom stereocenters. The molecule has 6 heteroatoms. The third-order valence-electron chi connectivity index (χ3n) is 2.56. The standard InChI is InChI=1S/C9H12BrNO2S2/c1-6-8(5-9(10)14-6)15(12,13)11-7-3-2-4-7/h5,7,11H,2-4H2,1H3. The average Bonchev–Trinajstić information content (AvgIpc) is 2.39. The molecule has 0 amide bonds. The Morgan fingerprint density at radius 2 is 2.20 bits per heavy atom. The number of aryl methyl sites for hydroxylation is 1. The van der Waals surface area contributed by atoms with E-state index in [0.29, 0.717) is 4.90 Å². The lowest BCUT2D eigenvalue weighted by Crippen LogP contribution is -2.39. The summed E-state index contributed by atoms with van der Waals surface area (Å²) < 4.78 is 27.5. The van der Waals surface area contributed by atoms with Crippen LogP contribution in [0, 0.1) is 6.92 Å². The molecule has 1 fully saturated rings. The molecule has 84 valence electrons. The van der Waals surface area contributed by atoms with Crippen LogP contribution in [0.15, 0.2) is 14.7 Å². The van der Waals surface area contributed by atoms with Gasteiger partial charge in [0.25, 0.3) is 0 Å². The predicted octanol–water partition coefficient (Wildman–Crippen LogP) is 2.65. The van der Waals surface area contributed by atoms with Crippen LogP contribution in [0.3, 0.4) is 0 Å². The van der Waals surface area contributed by atoms with Gasteiger partial charge in [-0.3, -0.25) is 0 Å². The Bertz CT molecular complexity index is 462. The molecule has 0 aromatic carbocycles. The molecule has 2 rings (SSSR count). The Hall–Kier alpha value is 0.0900. The maximum absolute atomic E-state index is 11.9. The molecule has 0 bridgehead atoms. The summed E-state index contributed by atoms with van der Waals surface area (Å²) >= 11 is 4.75. The van der Waals surface area contributed by atoms with Gasteiger partial charge >= 0.3 is 0 Å². The fourth-order valence-corrected chi connectivity index (χ4v) is 5.23. The molecule has 1 aromatic heterocycles. The summed E-state index contributed by atoms with van der Waals surface area (Å²) in [5.74, 6) is 0. The zero-order chi connectivity index (χ0) is 11.1. The Balaban J connectivity index is 2.24. The van der Waals surface area contributed by atoms with Crippen molar-refractivity contribution in [1.29, 1.82) is 0 Å². The van der Waals surface area contributed by atoms with Gasteiger partial charge in [0.15, 0.2) is 0 Å². The van der Waals surface area contributed by atoms with Crippen molar-refractivity contribution in [1.82, 2.24) is 4.72 Å². The zero-order valence-corrected chi connectivity index (χ0v) is 11.5. The summed E-state index contributed by atoms with van der Waals surface area (Å²) in [5.41, 5.74) is 0. The van der Waals surface area contributed by atoms with Gasteiger partial charge in [0.2, 0.25) is 10.0 Å². The Morgan fingerprint density at radius 3 is 2.60 bits per heavy atom. The number of rotatable bonds is 3. The number of hydrogen-bond donors (Lipinski definition) is 1. The van der Waals surface area contributed by atoms with Crippen molar-refractivity contribution in [3.05, 3.63) is 14.7 Å². The first-order valence-corrected chi connectivity index (χ1v) is 7.86. The fraction of sp³-hybridized carbons (Fsp3) is 0.556. The summed E-state index contributed by atoms with van der Waals surface area (Å²) in [6.45, 7) is 1.82. The minimum Gasteiger partial charge on any atom is -0.208 e. The van der Waals surface area contributed by atoms with Gasteiger partial charge in [0, 0.05) is 10.9 Å². The van der Waals surface area contributed by atoms with Crippen LogP contribution in [0.25, 0.3) is 0 Å². The van der Waals surface area contributed by atoms with E-state index < -0.39 is 10.0 Å². The Labute approximate surface area is 102 Å². The van der Waals surface area contributed by atoms with E-state index in [0.717, 1.165) is 27.9 Å². The largest absolute Gasteiger partial charge is 0.241 e. The van der Waals surface area contributed by atoms with Crippen LogP contribution in [-0.4, -0.2) is 14.5 Å². The van der Waals surface area contributed by atoms with Crippen LogP contribution in [0.1, 0.15) is 24.1 Å². The van der Waals surface area contributed by atoms with Gasteiger partial charge in [-0.2, -0.15) is 0 Å². The van der Waals surface area contributed by atoms with Crippen molar-refractivity contribution in [3.8, 4) is 0 Å². The normalized spacial score (nSPS) is 17.7. The second kappa shape index (κ2) is 4.16. The van der Waals surface area contributed by atoms with E-state index in [1.165, 1.54) is 11.3 Å². The first-order valence-electron chi connectivity index (χ1n) is 4.77. The van der Waals surface area contributed by atoms with Crippen molar-refractivity contribution in [2.45, 2.75) is 37.1 Å². The molecule has 1 N–H and O–H groups in total. The lowest BCUT2D eigenvalue weighted by atomic mass is 9.94. The van der Waals surface area contributed by atoms with Gasteiger partial charge < -0.3 is 0 Å². The Kier molecular flexibility index (Phi) is 3.21. The number of nitrogens with one attached hydrogen (secondary N) is 1. The topological polar surface area (TPSA) is 46.2 Å². The highest BCUT2D eigenvalue weighted by Gasteiger charge is 2.26. The average molecular weight is 310 g/mol. The molecular formula is C9H12BrNO2S2. The van der Waals surface area contributed by atoms with E-state index in [2.05, 4.69) is 20.7 Å². The van der Waals surface area contributed by atoms with Crippen molar-refractivity contribution in [3.63, 3.8) is 0 Å². The lowest BCUT2D eigenvalue weighted by molar-refractivity contribution is 0.383. The molecule has 3 nitrogen and oxygen atoms in total. The number of sulfonamides is 1. The smallest absolute Gasteiger partial charge is 0.208 e. The third-order valence-corrected chi connectivity index (χ3v) is 5.89. The SMILES string of the molecule is Cc1sc(Br)cc1S(=O)(=O)NC1CCC1. The molecule has 0 radical (unpaired) electrons. The molecule has 1 aliphatic carbocycles. The summed E-state index contributed by atoms with van der Waals surface area (Å²) in [6, 6.07) is 1.81. The maximum Gasteiger partial charge on any atom is 0.241 e. The molecule has 1 heterocycles. The van der Waals surface area contributed by atoms with Crippen molar-refractivity contribution >= 4 is 37.3 Å². The third kappa shape index (κ3) is 2.43. The molecule has 1 aromatic rings. The molecule has 1 aliphatic rings. The molecule has 15 heavy (non-hydrogen) atoms. The van der Waals surface area contributed by atoms with E-state index in [9.17, 15) is 8.42 Å². The summed E-state index contributed by atoms with van der Waals surface area (Å²) in [6.07, 6.45) is 3.05. The van der Waals surface area contributed by atoms with Crippen molar-refractivity contribution in [2.24, 2.45) is 0 Å². The highest BCUT2D eigenvalue weighted by molar-refractivity contribution is 9.11. The van der Waals surface area contributed by atoms with E-state index in [4.69, 9.17) is 0 Å². The van der Waals surface area contributed by atoms with Crippen LogP contribution in [0.4, 0.5) is 0 Å². The quantitative estimate of drug-likeness (QED) is 0.933. The molecule has 1 saturated carbocycles. The lowest BCUT2D eigenvalue weighted by Gasteiger charge is -2.25. The monoisotopic (exact) mass is 309 g/mol. The molecule has 0 spiro atoms. The number of hydrogen-bond acceptors (Lipinski definition) is 3. The van der Waals surface area contributed by atoms with Gasteiger partial charge in [0.05, 0.1) is 8.68 Å². The second-order valence-corrected chi connectivity index (χ2v) is 8.04. The number of thiophene rings is 1. The van der Waals surface area contributed by atoms with Crippen LogP contribution < -0.4 is 4.72 Å². The van der Waals surface area contributed by atoms with Crippen LogP contribution in [0.5, 0.6) is 0 Å². The van der Waals surface area contributed by atoms with E-state index in [-0.39, 0.29) is 6.04 Å². The minimum atomic E-state index is -3.30. The van der Waals surface area contributed by atoms with Crippen LogP contribution in [0.2, 0.25) is 0 Å². The highest BCUT2D eigenvalue weighted by Crippen LogP contribution is 2.30. The van der Waals surface area contributed by atoms with E-state index >= 15 is 0 Å². The van der Waals surface area contributed by atoms with Crippen molar-refractivity contribution < 1.29 is 8.42 Å². The van der Waals surface area contributed by atoms with Gasteiger partial charge in [-0.05, 0) is 41.8 Å². The number of halogens is 1. The van der Waals surface area contributed by atoms with Gasteiger partial charge in [-0.25, -0.2) is 13.1 Å². The van der Waals surface area contributed by atoms with Gasteiger partial charge in [-0.1, -0.05) is 6.42 Å². The first-order chi connectivity index (χ1) is 6.99. The molecule has 0 aliphatic heterocycles. The Morgan fingerprint density at radius 1 is 1.53 bits per heavy atom. The van der Waals surface area contributed by atoms with E-state index in [1.54, 1.807) is 6.07 Å². The van der Waals surface area contributed by atoms with E-state index in [1.807, 2.05) is 6.92 Å². The summed E-state index contributed by atoms with van der Waals surface area (Å²) in [4.78, 5) is 1.24. The fourth-order valence-electron chi connectivity index (χ4n) is 1.51. The second-order valence-electron chi connectivity index (χ2n) is 3.72. The molecular weight excluding hydrogens is 298 g/mol. The zero-order valence-electron chi connectivity index (χ0n) is 8.29. The van der Waals surface area contributed by atoms with Crippen molar-refractivity contribution in [2.75, 3.05) is 0 Å². The maximum atomic E-state index is 11.9. The first kappa shape index (κ1) is 11.6. The van der Waals surface area contributed by atoms with Crippen LogP contribution >= 0.6 is 27.3 Å². The van der Waals surface area contributed by atoms with Gasteiger partial charge in [0.1, 0.15) is 0 Å². The molecule has 0 saturated heterocycles. The van der Waals surface area contributed by atoms with Gasteiger partial charge in [-0.15, -0.1) is 11.3 Å². The van der Waals surface area contributed by atoms with Crippen LogP contribution in [-0.2, 0) is 10.0 Å². The predicted molar refractivity (Wildman–Crippen MR) is 64.7 cm³/mol.